The van der Waals surface area contributed by atoms with Gasteiger partial charge in [-0.05, 0) is 29.1 Å². The van der Waals surface area contributed by atoms with Crippen molar-refractivity contribution in [3.63, 3.8) is 0 Å². The molecule has 2 aromatic heterocycles. The van der Waals surface area contributed by atoms with Gasteiger partial charge in [0.15, 0.2) is 11.5 Å². The molecule has 0 unspecified atom stereocenters. The number of anilines is 1. The van der Waals surface area contributed by atoms with Crippen LogP contribution in [0.25, 0.3) is 10.7 Å². The van der Waals surface area contributed by atoms with Gasteiger partial charge in [-0.1, -0.05) is 29.8 Å². The van der Waals surface area contributed by atoms with Gasteiger partial charge in [0.1, 0.15) is 13.2 Å². The van der Waals surface area contributed by atoms with Gasteiger partial charge in [0.25, 0.3) is 5.56 Å². The standard InChI is InChI=1S/C18H14ClN3O4S/c19-11-5-3-10(4-6-11)12-9-26-17-15(20-12)18(25)22(8-14(23)24)16(21-17)13-2-1-7-27-13/h1-7,12,20H,8-9H2,(H,23,24)/t12-/m0/s1. The summed E-state index contributed by atoms with van der Waals surface area (Å²) in [5.74, 6) is -0.666. The van der Waals surface area contributed by atoms with E-state index in [4.69, 9.17) is 16.3 Å². The van der Waals surface area contributed by atoms with Crippen molar-refractivity contribution in [2.75, 3.05) is 11.9 Å². The average molecular weight is 404 g/mol. The maximum absolute atomic E-state index is 13.0. The second kappa shape index (κ2) is 7.05. The summed E-state index contributed by atoms with van der Waals surface area (Å²) >= 11 is 7.29. The van der Waals surface area contributed by atoms with E-state index in [0.717, 1.165) is 10.1 Å². The lowest BCUT2D eigenvalue weighted by molar-refractivity contribution is -0.137. The van der Waals surface area contributed by atoms with Crippen molar-refractivity contribution in [3.8, 4) is 16.6 Å². The van der Waals surface area contributed by atoms with Crippen LogP contribution in [0.1, 0.15) is 11.6 Å². The third-order valence-corrected chi connectivity index (χ3v) is 5.27. The van der Waals surface area contributed by atoms with E-state index in [2.05, 4.69) is 10.3 Å². The first kappa shape index (κ1) is 17.6. The number of nitrogens with one attached hydrogen (secondary N) is 1. The number of carboxylic acid groups (broad SMARTS) is 1. The smallest absolute Gasteiger partial charge is 0.323 e. The predicted molar refractivity (Wildman–Crippen MR) is 103 cm³/mol. The first-order valence-electron chi connectivity index (χ1n) is 8.08. The maximum Gasteiger partial charge on any atom is 0.323 e. The van der Waals surface area contributed by atoms with E-state index in [1.54, 1.807) is 18.2 Å². The number of carbonyl (C=O) groups is 1. The molecule has 1 atom stereocenters. The highest BCUT2D eigenvalue weighted by Gasteiger charge is 2.28. The largest absolute Gasteiger partial charge is 0.480 e. The number of benzene rings is 1. The van der Waals surface area contributed by atoms with Crippen molar-refractivity contribution < 1.29 is 14.6 Å². The zero-order chi connectivity index (χ0) is 19.0. The number of aromatic nitrogens is 2. The number of hydrogen-bond acceptors (Lipinski definition) is 6. The van der Waals surface area contributed by atoms with E-state index in [0.29, 0.717) is 9.90 Å². The number of rotatable bonds is 4. The van der Waals surface area contributed by atoms with Gasteiger partial charge in [0.05, 0.1) is 10.9 Å². The minimum Gasteiger partial charge on any atom is -0.480 e. The quantitative estimate of drug-likeness (QED) is 0.694. The molecule has 4 rings (SSSR count). The Hall–Kier alpha value is -2.84. The van der Waals surface area contributed by atoms with Crippen molar-refractivity contribution in [2.45, 2.75) is 12.6 Å². The van der Waals surface area contributed by atoms with Crippen LogP contribution in [0.4, 0.5) is 5.69 Å². The van der Waals surface area contributed by atoms with Crippen LogP contribution in [-0.2, 0) is 11.3 Å². The highest BCUT2D eigenvalue weighted by atomic mass is 35.5. The average Bonchev–Trinajstić information content (AvgIpc) is 3.18. The molecule has 0 bridgehead atoms. The molecule has 3 aromatic rings. The molecule has 1 aromatic carbocycles. The van der Waals surface area contributed by atoms with Gasteiger partial charge in [-0.25, -0.2) is 0 Å². The number of nitrogens with zero attached hydrogens (tertiary/aromatic N) is 2. The molecule has 0 saturated carbocycles. The van der Waals surface area contributed by atoms with E-state index in [9.17, 15) is 14.7 Å². The summed E-state index contributed by atoms with van der Waals surface area (Å²) in [5.41, 5.74) is 0.573. The summed E-state index contributed by atoms with van der Waals surface area (Å²) in [6.07, 6.45) is 0. The van der Waals surface area contributed by atoms with Crippen LogP contribution < -0.4 is 15.6 Å². The first-order chi connectivity index (χ1) is 13.0. The minimum atomic E-state index is -1.12. The summed E-state index contributed by atoms with van der Waals surface area (Å²) in [4.78, 5) is 29.4. The second-order valence-electron chi connectivity index (χ2n) is 5.94. The first-order valence-corrected chi connectivity index (χ1v) is 9.34. The van der Waals surface area contributed by atoms with Crippen LogP contribution in [0.15, 0.2) is 46.6 Å². The Morgan fingerprint density at radius 3 is 2.81 bits per heavy atom. The van der Waals surface area contributed by atoms with Gasteiger partial charge in [0.2, 0.25) is 5.88 Å². The number of halogens is 1. The number of hydrogen-bond donors (Lipinski definition) is 2. The maximum atomic E-state index is 13.0. The molecule has 3 heterocycles. The molecule has 9 heteroatoms. The Labute approximate surface area is 162 Å². The third-order valence-electron chi connectivity index (χ3n) is 4.15. The van der Waals surface area contributed by atoms with Crippen LogP contribution in [0, 0.1) is 0 Å². The van der Waals surface area contributed by atoms with Gasteiger partial charge in [-0.15, -0.1) is 11.3 Å². The predicted octanol–water partition coefficient (Wildman–Crippen LogP) is 3.26. The van der Waals surface area contributed by atoms with Gasteiger partial charge < -0.3 is 15.2 Å². The van der Waals surface area contributed by atoms with E-state index in [-0.39, 0.29) is 30.0 Å². The summed E-state index contributed by atoms with van der Waals surface area (Å²) in [6, 6.07) is 10.5. The Bertz CT molecular complexity index is 1050. The molecule has 1 aliphatic rings. The van der Waals surface area contributed by atoms with Crippen LogP contribution in [0.3, 0.4) is 0 Å². The highest BCUT2D eigenvalue weighted by molar-refractivity contribution is 7.13. The normalized spacial score (nSPS) is 15.5. The zero-order valence-corrected chi connectivity index (χ0v) is 15.5. The van der Waals surface area contributed by atoms with E-state index >= 15 is 0 Å². The molecule has 2 N–H and O–H groups in total. The molecule has 0 saturated heterocycles. The van der Waals surface area contributed by atoms with Crippen molar-refractivity contribution in [2.24, 2.45) is 0 Å². The molecular formula is C18H14ClN3O4S. The lowest BCUT2D eigenvalue weighted by Crippen LogP contribution is -2.34. The van der Waals surface area contributed by atoms with E-state index < -0.39 is 18.1 Å². The van der Waals surface area contributed by atoms with Crippen LogP contribution in [0.5, 0.6) is 5.88 Å². The van der Waals surface area contributed by atoms with Crippen LogP contribution in [0.2, 0.25) is 5.02 Å². The fourth-order valence-electron chi connectivity index (χ4n) is 2.89. The molecule has 0 spiro atoms. The summed E-state index contributed by atoms with van der Waals surface area (Å²) in [6.45, 7) is -0.201. The minimum absolute atomic E-state index is 0.155. The molecule has 0 fully saturated rings. The Morgan fingerprint density at radius 2 is 2.15 bits per heavy atom. The Morgan fingerprint density at radius 1 is 1.37 bits per heavy atom. The Kier molecular flexibility index (Phi) is 4.59. The van der Waals surface area contributed by atoms with Gasteiger partial charge in [0, 0.05) is 5.02 Å². The van der Waals surface area contributed by atoms with Crippen molar-refractivity contribution in [1.82, 2.24) is 9.55 Å². The fourth-order valence-corrected chi connectivity index (χ4v) is 3.74. The van der Waals surface area contributed by atoms with Crippen LogP contribution >= 0.6 is 22.9 Å². The lowest BCUT2D eigenvalue weighted by Gasteiger charge is -2.27. The highest BCUT2D eigenvalue weighted by Crippen LogP contribution is 2.33. The molecule has 0 aliphatic carbocycles. The van der Waals surface area contributed by atoms with Gasteiger partial charge >= 0.3 is 5.97 Å². The molecule has 0 amide bonds. The van der Waals surface area contributed by atoms with Crippen molar-refractivity contribution in [3.05, 3.63) is 62.7 Å². The molecule has 1 aliphatic heterocycles. The SMILES string of the molecule is O=C(O)Cn1c(-c2cccs2)nc2c(c1=O)N[C@H](c1ccc(Cl)cc1)CO2. The van der Waals surface area contributed by atoms with Gasteiger partial charge in [-0.3, -0.25) is 14.2 Å². The summed E-state index contributed by atoms with van der Waals surface area (Å²) in [7, 11) is 0. The number of ether oxygens (including phenoxy) is 1. The third kappa shape index (κ3) is 3.41. The fraction of sp³-hybridized carbons (Fsp3) is 0.167. The molecule has 27 heavy (non-hydrogen) atoms. The van der Waals surface area contributed by atoms with E-state index in [1.807, 2.05) is 23.6 Å². The molecular weight excluding hydrogens is 390 g/mol. The molecule has 0 radical (unpaired) electrons. The zero-order valence-electron chi connectivity index (χ0n) is 13.9. The Balaban J connectivity index is 1.78. The number of aliphatic carboxylic acids is 1. The lowest BCUT2D eigenvalue weighted by atomic mass is 10.1. The summed E-state index contributed by atoms with van der Waals surface area (Å²) in [5, 5.41) is 14.8. The van der Waals surface area contributed by atoms with Crippen molar-refractivity contribution >= 4 is 34.6 Å². The van der Waals surface area contributed by atoms with Crippen molar-refractivity contribution in [1.29, 1.82) is 0 Å². The molecule has 7 nitrogen and oxygen atoms in total. The number of thiophene rings is 1. The second-order valence-corrected chi connectivity index (χ2v) is 7.32. The summed E-state index contributed by atoms with van der Waals surface area (Å²) < 4.78 is 6.88. The topological polar surface area (TPSA) is 93.5 Å². The van der Waals surface area contributed by atoms with Gasteiger partial charge in [-0.2, -0.15) is 4.98 Å². The number of fused-ring (bicyclic) bond motifs is 1. The number of carboxylic acids is 1. The van der Waals surface area contributed by atoms with Crippen LogP contribution in [-0.4, -0.2) is 27.2 Å². The van der Waals surface area contributed by atoms with E-state index in [1.165, 1.54) is 11.3 Å². The molecule has 138 valence electrons. The monoisotopic (exact) mass is 403 g/mol.